The number of carbonyl (C=O) groups excluding carboxylic acids is 1. The van der Waals surface area contributed by atoms with E-state index in [1.54, 1.807) is 0 Å². The van der Waals surface area contributed by atoms with Crippen LogP contribution in [0.25, 0.3) is 0 Å². The summed E-state index contributed by atoms with van der Waals surface area (Å²) < 4.78 is 0. The number of fused-ring (bicyclic) bond motifs is 1. The molecule has 0 bridgehead atoms. The van der Waals surface area contributed by atoms with E-state index in [2.05, 4.69) is 10.6 Å². The lowest BCUT2D eigenvalue weighted by Gasteiger charge is -2.37. The number of anilines is 1. The van der Waals surface area contributed by atoms with Crippen LogP contribution >= 0.6 is 0 Å². The van der Waals surface area contributed by atoms with Crippen molar-refractivity contribution in [1.29, 1.82) is 0 Å². The Morgan fingerprint density at radius 3 is 2.61 bits per heavy atom. The molecule has 0 radical (unpaired) electrons. The maximum atomic E-state index is 12.0. The third-order valence-electron chi connectivity index (χ3n) is 3.64. The van der Waals surface area contributed by atoms with Gasteiger partial charge in [-0.1, -0.05) is 0 Å². The molecule has 0 saturated heterocycles. The van der Waals surface area contributed by atoms with Crippen LogP contribution in [-0.4, -0.2) is 16.5 Å². The molecule has 0 aromatic heterocycles. The summed E-state index contributed by atoms with van der Waals surface area (Å²) in [6, 6.07) is 4.29. The van der Waals surface area contributed by atoms with Gasteiger partial charge in [0.25, 0.3) is 11.6 Å². The number of nitrogens with zero attached hydrogens (tertiary/aromatic N) is 1. The van der Waals surface area contributed by atoms with Crippen molar-refractivity contribution in [3.63, 3.8) is 0 Å². The third-order valence-corrected chi connectivity index (χ3v) is 3.64. The predicted octanol–water partition coefficient (Wildman–Crippen LogP) is 2.02. The molecule has 6 heteroatoms. The zero-order valence-corrected chi connectivity index (χ0v) is 9.73. The first-order chi connectivity index (χ1) is 8.60. The molecule has 0 unspecified atom stereocenters. The number of benzene rings is 1. The van der Waals surface area contributed by atoms with Gasteiger partial charge in [0.2, 0.25) is 0 Å². The van der Waals surface area contributed by atoms with Crippen LogP contribution < -0.4 is 10.6 Å². The minimum Gasteiger partial charge on any atom is -0.362 e. The number of hydrogen-bond donors (Lipinski definition) is 2. The molecular weight excluding hydrogens is 234 g/mol. The summed E-state index contributed by atoms with van der Waals surface area (Å²) in [6.45, 7) is 0. The van der Waals surface area contributed by atoms with Gasteiger partial charge in [-0.25, -0.2) is 0 Å². The standard InChI is InChI=1S/C12H13N3O3/c16-11-9-4-3-8(15(17)18)7-10(9)13-12(14-11)5-1-2-6-12/h3-4,7,13H,1-2,5-6H2,(H,14,16). The summed E-state index contributed by atoms with van der Waals surface area (Å²) in [7, 11) is 0. The summed E-state index contributed by atoms with van der Waals surface area (Å²) >= 11 is 0. The van der Waals surface area contributed by atoms with E-state index >= 15 is 0 Å². The number of amides is 1. The average molecular weight is 247 g/mol. The second-order valence-corrected chi connectivity index (χ2v) is 4.86. The molecule has 1 fully saturated rings. The van der Waals surface area contributed by atoms with Gasteiger partial charge in [0.05, 0.1) is 16.2 Å². The molecule has 3 rings (SSSR count). The Kier molecular flexibility index (Phi) is 2.26. The molecule has 1 spiro atoms. The van der Waals surface area contributed by atoms with E-state index < -0.39 is 10.6 Å². The first-order valence-electron chi connectivity index (χ1n) is 5.99. The quantitative estimate of drug-likeness (QED) is 0.587. The number of nitro groups is 1. The topological polar surface area (TPSA) is 84.3 Å². The highest BCUT2D eigenvalue weighted by atomic mass is 16.6. The lowest BCUT2D eigenvalue weighted by molar-refractivity contribution is -0.384. The summed E-state index contributed by atoms with van der Waals surface area (Å²) in [5, 5.41) is 17.0. The van der Waals surface area contributed by atoms with Crippen molar-refractivity contribution in [2.45, 2.75) is 31.3 Å². The summed E-state index contributed by atoms with van der Waals surface area (Å²) in [5.74, 6) is -0.152. The fourth-order valence-corrected chi connectivity index (χ4v) is 2.75. The number of carbonyl (C=O) groups is 1. The Balaban J connectivity index is 2.03. The molecule has 1 heterocycles. The van der Waals surface area contributed by atoms with Crippen molar-refractivity contribution in [2.24, 2.45) is 0 Å². The van der Waals surface area contributed by atoms with Crippen LogP contribution in [0.1, 0.15) is 36.0 Å². The summed E-state index contributed by atoms with van der Waals surface area (Å²) in [4.78, 5) is 22.3. The second-order valence-electron chi connectivity index (χ2n) is 4.86. The number of non-ortho nitro benzene ring substituents is 1. The molecule has 1 amide bonds. The van der Waals surface area contributed by atoms with Gasteiger partial charge in [0.1, 0.15) is 5.66 Å². The van der Waals surface area contributed by atoms with E-state index in [1.807, 2.05) is 0 Å². The zero-order valence-electron chi connectivity index (χ0n) is 9.73. The van der Waals surface area contributed by atoms with Crippen LogP contribution in [0, 0.1) is 10.1 Å². The van der Waals surface area contributed by atoms with Crippen molar-refractivity contribution in [1.82, 2.24) is 5.32 Å². The summed E-state index contributed by atoms with van der Waals surface area (Å²) in [6.07, 6.45) is 3.83. The van der Waals surface area contributed by atoms with Crippen molar-refractivity contribution in [2.75, 3.05) is 5.32 Å². The molecule has 1 aromatic rings. The van der Waals surface area contributed by atoms with Gasteiger partial charge in [-0.3, -0.25) is 14.9 Å². The maximum absolute atomic E-state index is 12.0. The smallest absolute Gasteiger partial charge is 0.271 e. The Hall–Kier alpha value is -2.11. The van der Waals surface area contributed by atoms with Gasteiger partial charge in [-0.15, -0.1) is 0 Å². The van der Waals surface area contributed by atoms with Crippen molar-refractivity contribution in [3.05, 3.63) is 33.9 Å². The highest BCUT2D eigenvalue weighted by molar-refractivity contribution is 6.02. The van der Waals surface area contributed by atoms with Crippen LogP contribution in [0.2, 0.25) is 0 Å². The van der Waals surface area contributed by atoms with Crippen molar-refractivity contribution < 1.29 is 9.72 Å². The van der Waals surface area contributed by atoms with Crippen LogP contribution in [0.15, 0.2) is 18.2 Å². The van der Waals surface area contributed by atoms with Crippen molar-refractivity contribution in [3.8, 4) is 0 Å². The molecule has 1 saturated carbocycles. The molecule has 1 aliphatic carbocycles. The number of nitrogens with one attached hydrogen (secondary N) is 2. The molecule has 0 atom stereocenters. The highest BCUT2D eigenvalue weighted by Crippen LogP contribution is 2.36. The molecule has 2 aliphatic rings. The molecule has 94 valence electrons. The van der Waals surface area contributed by atoms with Gasteiger partial charge in [-0.2, -0.15) is 0 Å². The molecule has 18 heavy (non-hydrogen) atoms. The van der Waals surface area contributed by atoms with Crippen LogP contribution in [0.3, 0.4) is 0 Å². The van der Waals surface area contributed by atoms with Crippen LogP contribution in [0.5, 0.6) is 0 Å². The Bertz CT molecular complexity index is 535. The lowest BCUT2D eigenvalue weighted by Crippen LogP contribution is -2.55. The predicted molar refractivity (Wildman–Crippen MR) is 65.4 cm³/mol. The Morgan fingerprint density at radius 2 is 1.94 bits per heavy atom. The van der Waals surface area contributed by atoms with Gasteiger partial charge in [0.15, 0.2) is 0 Å². The Morgan fingerprint density at radius 1 is 1.22 bits per heavy atom. The fraction of sp³-hybridized carbons (Fsp3) is 0.417. The van der Waals surface area contributed by atoms with E-state index in [4.69, 9.17) is 0 Å². The Labute approximate surface area is 104 Å². The van der Waals surface area contributed by atoms with E-state index in [1.165, 1.54) is 18.2 Å². The SMILES string of the molecule is O=C1NC2(CCCC2)Nc2cc([N+](=O)[O-])ccc21. The van der Waals surface area contributed by atoms with E-state index in [-0.39, 0.29) is 11.6 Å². The van der Waals surface area contributed by atoms with Gasteiger partial charge in [-0.05, 0) is 31.7 Å². The number of rotatable bonds is 1. The first kappa shape index (κ1) is 11.0. The zero-order chi connectivity index (χ0) is 12.8. The molecular formula is C12H13N3O3. The van der Waals surface area contributed by atoms with Crippen LogP contribution in [0.4, 0.5) is 11.4 Å². The van der Waals surface area contributed by atoms with Gasteiger partial charge >= 0.3 is 0 Å². The average Bonchev–Trinajstić information content (AvgIpc) is 2.76. The number of hydrogen-bond acceptors (Lipinski definition) is 4. The summed E-state index contributed by atoms with van der Waals surface area (Å²) in [5.41, 5.74) is 0.635. The highest BCUT2D eigenvalue weighted by Gasteiger charge is 2.40. The molecule has 2 N–H and O–H groups in total. The van der Waals surface area contributed by atoms with Crippen molar-refractivity contribution >= 4 is 17.3 Å². The largest absolute Gasteiger partial charge is 0.362 e. The molecule has 1 aromatic carbocycles. The maximum Gasteiger partial charge on any atom is 0.271 e. The van der Waals surface area contributed by atoms with Gasteiger partial charge < -0.3 is 10.6 Å². The van der Waals surface area contributed by atoms with E-state index in [9.17, 15) is 14.9 Å². The lowest BCUT2D eigenvalue weighted by atomic mass is 10.0. The fourth-order valence-electron chi connectivity index (χ4n) is 2.75. The second kappa shape index (κ2) is 3.69. The van der Waals surface area contributed by atoms with E-state index in [0.717, 1.165) is 25.7 Å². The minimum absolute atomic E-state index is 0.00379. The first-order valence-corrected chi connectivity index (χ1v) is 5.99. The normalized spacial score (nSPS) is 20.1. The molecule has 6 nitrogen and oxygen atoms in total. The van der Waals surface area contributed by atoms with Gasteiger partial charge in [0, 0.05) is 12.1 Å². The van der Waals surface area contributed by atoms with Crippen LogP contribution in [-0.2, 0) is 0 Å². The number of nitro benzene ring substituents is 1. The monoisotopic (exact) mass is 247 g/mol. The molecule has 1 aliphatic heterocycles. The minimum atomic E-state index is -0.449. The van der Waals surface area contributed by atoms with E-state index in [0.29, 0.717) is 11.3 Å². The third kappa shape index (κ3) is 1.61.